The van der Waals surface area contributed by atoms with Crippen molar-refractivity contribution in [2.75, 3.05) is 5.32 Å². The van der Waals surface area contributed by atoms with Crippen LogP contribution in [0.2, 0.25) is 10.3 Å². The van der Waals surface area contributed by atoms with Crippen molar-refractivity contribution in [3.8, 4) is 0 Å². The minimum Gasteiger partial charge on any atom is -0.322 e. The molecule has 0 aromatic carbocycles. The summed E-state index contributed by atoms with van der Waals surface area (Å²) in [5, 5.41) is 3.17. The fourth-order valence-corrected chi connectivity index (χ4v) is 2.04. The van der Waals surface area contributed by atoms with Gasteiger partial charge < -0.3 is 11.1 Å². The zero-order valence-electron chi connectivity index (χ0n) is 10.6. The zero-order valence-corrected chi connectivity index (χ0v) is 12.1. The van der Waals surface area contributed by atoms with Crippen molar-refractivity contribution in [3.63, 3.8) is 0 Å². The summed E-state index contributed by atoms with van der Waals surface area (Å²) in [6, 6.07) is 1.07. The molecule has 3 N–H and O–H groups in total. The average Bonchev–Trinajstić information content (AvgIpc) is 2.31. The predicted molar refractivity (Wildman–Crippen MR) is 75.1 cm³/mol. The Balaban J connectivity index is 2.89. The second-order valence-corrected chi connectivity index (χ2v) is 5.07. The van der Waals surface area contributed by atoms with E-state index in [0.717, 1.165) is 12.0 Å². The van der Waals surface area contributed by atoms with Gasteiger partial charge in [-0.25, -0.2) is 4.98 Å². The van der Waals surface area contributed by atoms with Crippen LogP contribution in [-0.4, -0.2) is 16.9 Å². The van der Waals surface area contributed by atoms with E-state index in [1.807, 2.05) is 13.8 Å². The summed E-state index contributed by atoms with van der Waals surface area (Å²) in [4.78, 5) is 15.8. The molecule has 1 heterocycles. The van der Waals surface area contributed by atoms with Crippen LogP contribution in [-0.2, 0) is 4.79 Å². The SMILES string of the molecule is CCC(C)C(N)C(=O)Nc1c(C)cc(Cl)nc1Cl. The quantitative estimate of drug-likeness (QED) is 0.837. The Kier molecular flexibility index (Phi) is 5.38. The Morgan fingerprint density at radius 2 is 2.17 bits per heavy atom. The van der Waals surface area contributed by atoms with Crippen LogP contribution in [0.25, 0.3) is 0 Å². The molecule has 4 nitrogen and oxygen atoms in total. The third-order valence-electron chi connectivity index (χ3n) is 2.95. The number of pyridine rings is 1. The highest BCUT2D eigenvalue weighted by Gasteiger charge is 2.21. The molecule has 1 aromatic heterocycles. The topological polar surface area (TPSA) is 68.0 Å². The molecule has 0 aliphatic rings. The van der Waals surface area contributed by atoms with Crippen molar-refractivity contribution in [2.45, 2.75) is 33.2 Å². The maximum absolute atomic E-state index is 11.9. The van der Waals surface area contributed by atoms with Gasteiger partial charge in [-0.1, -0.05) is 43.5 Å². The van der Waals surface area contributed by atoms with Gasteiger partial charge in [-0.3, -0.25) is 4.79 Å². The fraction of sp³-hybridized carbons (Fsp3) is 0.500. The molecule has 0 fully saturated rings. The molecule has 0 aliphatic carbocycles. The van der Waals surface area contributed by atoms with Gasteiger partial charge in [0.05, 0.1) is 11.7 Å². The fourth-order valence-electron chi connectivity index (χ4n) is 1.46. The number of aryl methyl sites for hydroxylation is 1. The molecule has 2 unspecified atom stereocenters. The van der Waals surface area contributed by atoms with Crippen LogP contribution >= 0.6 is 23.2 Å². The number of hydrogen-bond donors (Lipinski definition) is 2. The molecule has 1 amide bonds. The van der Waals surface area contributed by atoms with Crippen LogP contribution in [0.15, 0.2) is 6.07 Å². The molecule has 0 aliphatic heterocycles. The van der Waals surface area contributed by atoms with Crippen LogP contribution in [0.1, 0.15) is 25.8 Å². The lowest BCUT2D eigenvalue weighted by Gasteiger charge is -2.18. The van der Waals surface area contributed by atoms with Gasteiger partial charge in [-0.15, -0.1) is 0 Å². The Morgan fingerprint density at radius 1 is 1.56 bits per heavy atom. The number of nitrogens with two attached hydrogens (primary N) is 1. The van der Waals surface area contributed by atoms with Crippen LogP contribution in [0.4, 0.5) is 5.69 Å². The lowest BCUT2D eigenvalue weighted by Crippen LogP contribution is -2.40. The van der Waals surface area contributed by atoms with Crippen molar-refractivity contribution in [2.24, 2.45) is 11.7 Å². The van der Waals surface area contributed by atoms with Gasteiger partial charge in [-0.2, -0.15) is 0 Å². The van der Waals surface area contributed by atoms with Gasteiger partial charge >= 0.3 is 0 Å². The maximum Gasteiger partial charge on any atom is 0.241 e. The molecule has 100 valence electrons. The molecule has 0 saturated carbocycles. The van der Waals surface area contributed by atoms with Crippen LogP contribution in [0.3, 0.4) is 0 Å². The van der Waals surface area contributed by atoms with E-state index in [4.69, 9.17) is 28.9 Å². The molecular formula is C12H17Cl2N3O. The summed E-state index contributed by atoms with van der Waals surface area (Å²) >= 11 is 11.7. The lowest BCUT2D eigenvalue weighted by molar-refractivity contribution is -0.118. The second kappa shape index (κ2) is 6.36. The lowest BCUT2D eigenvalue weighted by atomic mass is 9.99. The third-order valence-corrected chi connectivity index (χ3v) is 3.42. The Morgan fingerprint density at radius 3 is 2.67 bits per heavy atom. The predicted octanol–water partition coefficient (Wildman–Crippen LogP) is 3.01. The van der Waals surface area contributed by atoms with E-state index >= 15 is 0 Å². The van der Waals surface area contributed by atoms with Gasteiger partial charge in [0.1, 0.15) is 5.15 Å². The molecule has 2 atom stereocenters. The van der Waals surface area contributed by atoms with Crippen molar-refractivity contribution >= 4 is 34.8 Å². The normalized spacial score (nSPS) is 14.1. The first-order valence-electron chi connectivity index (χ1n) is 5.75. The van der Waals surface area contributed by atoms with Gasteiger partial charge in [0.25, 0.3) is 0 Å². The molecule has 1 aromatic rings. The number of carbonyl (C=O) groups is 1. The molecular weight excluding hydrogens is 273 g/mol. The minimum atomic E-state index is -0.568. The van der Waals surface area contributed by atoms with Crippen molar-refractivity contribution < 1.29 is 4.79 Å². The monoisotopic (exact) mass is 289 g/mol. The molecule has 6 heteroatoms. The first kappa shape index (κ1) is 15.2. The summed E-state index contributed by atoms with van der Waals surface area (Å²) in [5.41, 5.74) is 7.06. The number of aromatic nitrogens is 1. The standard InChI is InChI=1S/C12H17Cl2N3O/c1-4-6(2)9(15)12(18)17-10-7(3)5-8(13)16-11(10)14/h5-6,9H,4,15H2,1-3H3,(H,17,18). The summed E-state index contributed by atoms with van der Waals surface area (Å²) in [7, 11) is 0. The molecule has 0 saturated heterocycles. The minimum absolute atomic E-state index is 0.101. The first-order valence-corrected chi connectivity index (χ1v) is 6.51. The van der Waals surface area contributed by atoms with E-state index in [9.17, 15) is 4.79 Å². The maximum atomic E-state index is 11.9. The number of nitrogens with one attached hydrogen (secondary N) is 1. The van der Waals surface area contributed by atoms with Crippen molar-refractivity contribution in [3.05, 3.63) is 21.9 Å². The van der Waals surface area contributed by atoms with Gasteiger partial charge in [0.2, 0.25) is 5.91 Å². The Labute approximate surface area is 117 Å². The summed E-state index contributed by atoms with van der Waals surface area (Å²) in [6.07, 6.45) is 0.834. The third kappa shape index (κ3) is 3.57. The molecule has 0 spiro atoms. The van der Waals surface area contributed by atoms with Crippen LogP contribution in [0, 0.1) is 12.8 Å². The van der Waals surface area contributed by atoms with Crippen LogP contribution in [0.5, 0.6) is 0 Å². The Hall–Kier alpha value is -0.840. The molecule has 0 radical (unpaired) electrons. The number of carbonyl (C=O) groups excluding carboxylic acids is 1. The Bertz CT molecular complexity index is 428. The largest absolute Gasteiger partial charge is 0.322 e. The number of anilines is 1. The summed E-state index contributed by atoms with van der Waals surface area (Å²) in [5.74, 6) is -0.164. The van der Waals surface area contributed by atoms with Crippen LogP contribution < -0.4 is 11.1 Å². The highest BCUT2D eigenvalue weighted by molar-refractivity contribution is 6.34. The highest BCUT2D eigenvalue weighted by atomic mass is 35.5. The van der Waals surface area contributed by atoms with E-state index in [-0.39, 0.29) is 17.0 Å². The van der Waals surface area contributed by atoms with Crippen molar-refractivity contribution in [1.82, 2.24) is 4.98 Å². The first-order chi connectivity index (χ1) is 8.36. The summed E-state index contributed by atoms with van der Waals surface area (Å²) in [6.45, 7) is 5.71. The number of nitrogens with zero attached hydrogens (tertiary/aromatic N) is 1. The van der Waals surface area contributed by atoms with Gasteiger partial charge in [0.15, 0.2) is 5.15 Å². The average molecular weight is 290 g/mol. The molecule has 0 bridgehead atoms. The number of amides is 1. The molecule has 1 rings (SSSR count). The summed E-state index contributed by atoms with van der Waals surface area (Å²) < 4.78 is 0. The van der Waals surface area contributed by atoms with E-state index in [0.29, 0.717) is 10.8 Å². The number of hydrogen-bond acceptors (Lipinski definition) is 3. The highest BCUT2D eigenvalue weighted by Crippen LogP contribution is 2.26. The van der Waals surface area contributed by atoms with E-state index in [1.54, 1.807) is 13.0 Å². The smallest absolute Gasteiger partial charge is 0.241 e. The van der Waals surface area contributed by atoms with Gasteiger partial charge in [0, 0.05) is 0 Å². The van der Waals surface area contributed by atoms with E-state index in [2.05, 4.69) is 10.3 Å². The van der Waals surface area contributed by atoms with E-state index in [1.165, 1.54) is 0 Å². The second-order valence-electron chi connectivity index (χ2n) is 4.33. The number of halogens is 2. The van der Waals surface area contributed by atoms with Gasteiger partial charge in [-0.05, 0) is 24.5 Å². The van der Waals surface area contributed by atoms with E-state index < -0.39 is 6.04 Å². The zero-order chi connectivity index (χ0) is 13.9. The van der Waals surface area contributed by atoms with Crippen molar-refractivity contribution in [1.29, 1.82) is 0 Å². The molecule has 18 heavy (non-hydrogen) atoms. The number of rotatable bonds is 4.